The fourth-order valence-electron chi connectivity index (χ4n) is 3.13. The van der Waals surface area contributed by atoms with Crippen LogP contribution in [0.3, 0.4) is 0 Å². The molecule has 1 heterocycles. The van der Waals surface area contributed by atoms with Crippen LogP contribution in [0, 0.1) is 0 Å². The van der Waals surface area contributed by atoms with Crippen molar-refractivity contribution in [3.05, 3.63) is 42.0 Å². The van der Waals surface area contributed by atoms with Crippen LogP contribution in [0.1, 0.15) is 57.9 Å². The number of aryl methyl sites for hydroxylation is 1. The van der Waals surface area contributed by atoms with Gasteiger partial charge in [-0.1, -0.05) is 45.6 Å². The number of hydrogen-bond donors (Lipinski definition) is 1. The van der Waals surface area contributed by atoms with E-state index < -0.39 is 0 Å². The summed E-state index contributed by atoms with van der Waals surface area (Å²) in [5.41, 5.74) is 3.36. The first-order valence-electron chi connectivity index (χ1n) is 10.0. The molecule has 1 aromatic heterocycles. The molecule has 0 aliphatic rings. The van der Waals surface area contributed by atoms with E-state index >= 15 is 0 Å². The molecule has 3 aromatic rings. The Bertz CT molecular complexity index is 873. The number of fused-ring (bicyclic) bond motifs is 1. The Labute approximate surface area is 161 Å². The zero-order valence-corrected chi connectivity index (χ0v) is 16.3. The van der Waals surface area contributed by atoms with E-state index in [9.17, 15) is 5.11 Å². The molecule has 0 aliphatic carbocycles. The molecule has 0 aliphatic heterocycles. The lowest BCUT2D eigenvalue weighted by atomic mass is 10.0. The number of aromatic nitrogens is 3. The highest BCUT2D eigenvalue weighted by molar-refractivity contribution is 5.75. The van der Waals surface area contributed by atoms with Gasteiger partial charge >= 0.3 is 0 Å². The van der Waals surface area contributed by atoms with Gasteiger partial charge in [0.15, 0.2) is 0 Å². The van der Waals surface area contributed by atoms with E-state index in [1.54, 1.807) is 6.07 Å². The second-order valence-corrected chi connectivity index (χ2v) is 6.98. The highest BCUT2D eigenvalue weighted by Gasteiger charge is 2.11. The van der Waals surface area contributed by atoms with Gasteiger partial charge in [0, 0.05) is 6.07 Å². The largest absolute Gasteiger partial charge is 0.506 e. The first kappa shape index (κ1) is 19.2. The molecule has 0 saturated heterocycles. The van der Waals surface area contributed by atoms with Gasteiger partial charge in [-0.3, -0.25) is 0 Å². The molecule has 0 atom stereocenters. The summed E-state index contributed by atoms with van der Waals surface area (Å²) in [6, 6.07) is 11.4. The average molecular weight is 367 g/mol. The van der Waals surface area contributed by atoms with Gasteiger partial charge in [0.2, 0.25) is 0 Å². The molecule has 5 nitrogen and oxygen atoms in total. The van der Waals surface area contributed by atoms with E-state index in [0.717, 1.165) is 36.0 Å². The maximum atomic E-state index is 10.3. The van der Waals surface area contributed by atoms with Gasteiger partial charge in [0.05, 0.1) is 6.61 Å². The lowest BCUT2D eigenvalue weighted by Crippen LogP contribution is -2.00. The highest BCUT2D eigenvalue weighted by atomic mass is 16.5. The summed E-state index contributed by atoms with van der Waals surface area (Å²) in [7, 11) is 0. The molecule has 0 fully saturated rings. The second kappa shape index (κ2) is 9.40. The lowest BCUT2D eigenvalue weighted by Gasteiger charge is -2.07. The van der Waals surface area contributed by atoms with E-state index in [1.165, 1.54) is 36.0 Å². The summed E-state index contributed by atoms with van der Waals surface area (Å²) in [4.78, 5) is 1.52. The molecule has 27 heavy (non-hydrogen) atoms. The number of ether oxygens (including phenoxy) is 1. The third-order valence-corrected chi connectivity index (χ3v) is 4.65. The molecule has 0 radical (unpaired) electrons. The molecule has 3 rings (SSSR count). The Morgan fingerprint density at radius 2 is 1.70 bits per heavy atom. The van der Waals surface area contributed by atoms with Gasteiger partial charge in [-0.25, -0.2) is 0 Å². The first-order valence-corrected chi connectivity index (χ1v) is 10.0. The number of nitrogens with zero attached hydrogens (tertiary/aromatic N) is 3. The van der Waals surface area contributed by atoms with Crippen LogP contribution in [0.25, 0.3) is 16.7 Å². The highest BCUT2D eigenvalue weighted by Crippen LogP contribution is 2.25. The second-order valence-electron chi connectivity index (χ2n) is 6.98. The van der Waals surface area contributed by atoms with E-state index in [4.69, 9.17) is 4.74 Å². The van der Waals surface area contributed by atoms with Crippen LogP contribution >= 0.6 is 0 Å². The van der Waals surface area contributed by atoms with E-state index in [2.05, 4.69) is 24.0 Å². The minimum Gasteiger partial charge on any atom is -0.506 e. The normalized spacial score (nSPS) is 11.2. The summed E-state index contributed by atoms with van der Waals surface area (Å²) >= 11 is 0. The number of hydrogen-bond acceptors (Lipinski definition) is 4. The van der Waals surface area contributed by atoms with Crippen molar-refractivity contribution in [2.45, 2.75) is 58.8 Å². The summed E-state index contributed by atoms with van der Waals surface area (Å²) in [6.07, 6.45) is 8.22. The van der Waals surface area contributed by atoms with Gasteiger partial charge in [-0.2, -0.15) is 0 Å². The van der Waals surface area contributed by atoms with Crippen molar-refractivity contribution in [1.82, 2.24) is 15.0 Å². The predicted octanol–water partition coefficient (Wildman–Crippen LogP) is 5.43. The zero-order chi connectivity index (χ0) is 19.1. The van der Waals surface area contributed by atoms with Crippen LogP contribution in [-0.4, -0.2) is 26.7 Å². The van der Waals surface area contributed by atoms with Crippen molar-refractivity contribution in [2.24, 2.45) is 0 Å². The maximum Gasteiger partial charge on any atom is 0.143 e. The monoisotopic (exact) mass is 367 g/mol. The quantitative estimate of drug-likeness (QED) is 0.486. The lowest BCUT2D eigenvalue weighted by molar-refractivity contribution is 0.318. The predicted molar refractivity (Wildman–Crippen MR) is 109 cm³/mol. The third-order valence-electron chi connectivity index (χ3n) is 4.65. The molecule has 2 aromatic carbocycles. The maximum absolute atomic E-state index is 10.3. The van der Waals surface area contributed by atoms with E-state index in [0.29, 0.717) is 12.3 Å². The van der Waals surface area contributed by atoms with Crippen molar-refractivity contribution >= 4 is 11.0 Å². The summed E-state index contributed by atoms with van der Waals surface area (Å²) in [5, 5.41) is 19.4. The van der Waals surface area contributed by atoms with Crippen LogP contribution in [0.4, 0.5) is 0 Å². The Morgan fingerprint density at radius 1 is 0.889 bits per heavy atom. The Kier molecular flexibility index (Phi) is 6.69. The molecule has 144 valence electrons. The molecule has 0 unspecified atom stereocenters. The van der Waals surface area contributed by atoms with Gasteiger partial charge in [-0.05, 0) is 49.1 Å². The Morgan fingerprint density at radius 3 is 2.52 bits per heavy atom. The summed E-state index contributed by atoms with van der Waals surface area (Å²) in [6.45, 7) is 4.99. The van der Waals surface area contributed by atoms with Gasteiger partial charge < -0.3 is 9.84 Å². The van der Waals surface area contributed by atoms with Gasteiger partial charge in [0.1, 0.15) is 28.2 Å². The summed E-state index contributed by atoms with van der Waals surface area (Å²) in [5.74, 6) is 0.981. The Balaban J connectivity index is 1.77. The van der Waals surface area contributed by atoms with Crippen LogP contribution in [0.5, 0.6) is 11.5 Å². The topological polar surface area (TPSA) is 60.2 Å². The minimum atomic E-state index is 0.187. The zero-order valence-electron chi connectivity index (χ0n) is 16.3. The molecule has 0 bridgehead atoms. The number of rotatable bonds is 10. The smallest absolute Gasteiger partial charge is 0.143 e. The third kappa shape index (κ3) is 5.00. The van der Waals surface area contributed by atoms with Crippen molar-refractivity contribution in [1.29, 1.82) is 0 Å². The minimum absolute atomic E-state index is 0.187. The van der Waals surface area contributed by atoms with Crippen LogP contribution in [-0.2, 0) is 6.42 Å². The summed E-state index contributed by atoms with van der Waals surface area (Å²) < 4.78 is 5.67. The van der Waals surface area contributed by atoms with Crippen molar-refractivity contribution in [3.8, 4) is 17.2 Å². The molecular formula is C22H29N3O2. The molecule has 1 N–H and O–H groups in total. The van der Waals surface area contributed by atoms with Crippen molar-refractivity contribution in [2.75, 3.05) is 6.61 Å². The molecule has 0 amide bonds. The number of phenols is 1. The van der Waals surface area contributed by atoms with Crippen LogP contribution in [0.2, 0.25) is 0 Å². The number of benzene rings is 2. The SMILES string of the molecule is CCCCCCCc1ccc(O)c(-n2nc3ccc(OCCC)cc3n2)c1. The molecular weight excluding hydrogens is 338 g/mol. The van der Waals surface area contributed by atoms with Crippen molar-refractivity contribution in [3.63, 3.8) is 0 Å². The van der Waals surface area contributed by atoms with Crippen molar-refractivity contribution < 1.29 is 9.84 Å². The van der Waals surface area contributed by atoms with Crippen LogP contribution in [0.15, 0.2) is 36.4 Å². The standard InChI is InChI=1S/C22H29N3O2/c1-3-5-6-7-8-9-17-10-13-22(26)21(15-17)25-23-19-12-11-18(27-14-4-2)16-20(19)24-25/h10-13,15-16,26H,3-9,14H2,1-2H3. The first-order chi connectivity index (χ1) is 13.2. The molecule has 0 saturated carbocycles. The van der Waals surface area contributed by atoms with E-state index in [-0.39, 0.29) is 5.75 Å². The van der Waals surface area contributed by atoms with Gasteiger partial charge in [0.25, 0.3) is 0 Å². The fourth-order valence-corrected chi connectivity index (χ4v) is 3.13. The van der Waals surface area contributed by atoms with Crippen LogP contribution < -0.4 is 4.74 Å². The molecule has 5 heteroatoms. The van der Waals surface area contributed by atoms with E-state index in [1.807, 2.05) is 30.3 Å². The fraction of sp³-hybridized carbons (Fsp3) is 0.455. The number of aromatic hydroxyl groups is 1. The number of phenolic OH excluding ortho intramolecular Hbond substituents is 1. The molecule has 0 spiro atoms. The average Bonchev–Trinajstić information content (AvgIpc) is 3.10. The Hall–Kier alpha value is -2.56. The van der Waals surface area contributed by atoms with Gasteiger partial charge in [-0.15, -0.1) is 15.0 Å². The number of unbranched alkanes of at least 4 members (excludes halogenated alkanes) is 4.